The summed E-state index contributed by atoms with van der Waals surface area (Å²) < 4.78 is 9.44. The lowest BCUT2D eigenvalue weighted by atomic mass is 9.86. The van der Waals surface area contributed by atoms with Gasteiger partial charge in [0.05, 0.1) is 36.3 Å². The molecule has 4 atom stereocenters. The zero-order valence-corrected chi connectivity index (χ0v) is 30.0. The van der Waals surface area contributed by atoms with E-state index in [-0.39, 0.29) is 36.6 Å². The van der Waals surface area contributed by atoms with Crippen LogP contribution in [0.1, 0.15) is 72.1 Å². The Bertz CT molecular complexity index is 1690. The molecule has 0 fully saturated rings. The average molecular weight is 758 g/mol. The fourth-order valence-electron chi connectivity index (χ4n) is 5.17. The van der Waals surface area contributed by atoms with Crippen LogP contribution in [0.5, 0.6) is 0 Å². The molecule has 0 spiro atoms. The molecule has 0 saturated carbocycles. The van der Waals surface area contributed by atoms with Gasteiger partial charge in [0, 0.05) is 56.5 Å². The van der Waals surface area contributed by atoms with Crippen LogP contribution >= 0.6 is 46.4 Å². The lowest BCUT2D eigenvalue weighted by Crippen LogP contribution is -2.13. The first-order chi connectivity index (χ1) is 24.1. The number of hydrogen-bond donors (Lipinski definition) is 0. The van der Waals surface area contributed by atoms with Crippen LogP contribution in [-0.4, -0.2) is 36.1 Å². The molecular weight excluding hydrogens is 726 g/mol. The highest BCUT2D eigenvalue weighted by atomic mass is 35.5. The molecule has 0 aliphatic heterocycles. The Labute approximate surface area is 308 Å². The van der Waals surface area contributed by atoms with Crippen molar-refractivity contribution in [3.63, 3.8) is 0 Å². The summed E-state index contributed by atoms with van der Waals surface area (Å²) in [5.74, 6) is -1.25. The number of carbonyl (C=O) groups is 2. The maximum atomic E-state index is 11.6. The van der Waals surface area contributed by atoms with Crippen molar-refractivity contribution in [3.05, 3.63) is 149 Å². The van der Waals surface area contributed by atoms with Crippen LogP contribution in [0, 0.1) is 0 Å². The summed E-state index contributed by atoms with van der Waals surface area (Å²) in [7, 11) is 2.67. The third-order valence-corrected chi connectivity index (χ3v) is 8.47. The molecule has 0 bridgehead atoms. The molecule has 0 radical (unpaired) electrons. The van der Waals surface area contributed by atoms with E-state index in [0.29, 0.717) is 44.3 Å². The largest absolute Gasteiger partial charge is 0.469 e. The third kappa shape index (κ3) is 12.4. The second-order valence-corrected chi connectivity index (χ2v) is 12.4. The Kier molecular flexibility index (Phi) is 16.6. The number of methoxy groups -OCH3 is 2. The molecule has 0 aliphatic carbocycles. The Hall–Kier alpha value is -4.54. The summed E-state index contributed by atoms with van der Waals surface area (Å²) in [6.45, 7) is 0. The van der Waals surface area contributed by atoms with Gasteiger partial charge in [0.15, 0.2) is 0 Å². The number of pyridine rings is 2. The molecule has 0 N–H and O–H groups in total. The van der Waals surface area contributed by atoms with E-state index < -0.39 is 12.1 Å². The summed E-state index contributed by atoms with van der Waals surface area (Å²) >= 11 is 24.0. The lowest BCUT2D eigenvalue weighted by Gasteiger charge is -2.23. The first-order valence-corrected chi connectivity index (χ1v) is 16.6. The molecule has 4 aromatic rings. The van der Waals surface area contributed by atoms with Crippen LogP contribution in [-0.2, 0) is 19.1 Å². The summed E-state index contributed by atoms with van der Waals surface area (Å²) in [6.07, 6.45) is 4.18. The normalized spacial score (nSPS) is 12.8. The number of aromatic nitrogens is 2. The van der Waals surface area contributed by atoms with Gasteiger partial charge in [-0.2, -0.15) is 0 Å². The molecule has 1 unspecified atom stereocenters. The predicted octanol–water partition coefficient (Wildman–Crippen LogP) is 11.0. The number of esters is 2. The van der Waals surface area contributed by atoms with E-state index >= 15 is 0 Å². The Morgan fingerprint density at radius 3 is 1.36 bits per heavy atom. The zero-order valence-electron chi connectivity index (χ0n) is 26.9. The van der Waals surface area contributed by atoms with Crippen molar-refractivity contribution >= 4 is 58.3 Å². The fraction of sp³-hybridized carbons (Fsp3) is 0.294. The number of benzene rings is 2. The molecule has 16 heteroatoms. The highest BCUT2D eigenvalue weighted by Crippen LogP contribution is 2.39. The SMILES string of the molecule is COC(=O)CC[C@@H](c1cccc(Cl)c1)C(N=[N+]=[N-])c1ccc(Cl)cn1.COC(=O)CC[C@H](c1cccc(Cl)c1)[C@H](N=[N+]=[N-])c1ccc(Cl)cn1. The number of halogens is 4. The number of carbonyl (C=O) groups excluding carboxylic acids is 2. The maximum Gasteiger partial charge on any atom is 0.305 e. The minimum Gasteiger partial charge on any atom is -0.469 e. The van der Waals surface area contributed by atoms with Gasteiger partial charge >= 0.3 is 11.9 Å². The smallest absolute Gasteiger partial charge is 0.305 e. The minimum absolute atomic E-state index is 0.179. The standard InChI is InChI=1S/2C17H16Cl2N4O2/c2*1-25-16(24)8-6-14(11-3-2-4-12(18)9-11)17(22-23-20)15-7-5-13(19)10-21-15/h2*2-5,7,9-10,14,17H,6,8H2,1H3/t14-,17?;14-,17+/m01/s1. The van der Waals surface area contributed by atoms with E-state index in [4.69, 9.17) is 66.9 Å². The van der Waals surface area contributed by atoms with Gasteiger partial charge in [0.1, 0.15) is 0 Å². The van der Waals surface area contributed by atoms with Crippen molar-refractivity contribution < 1.29 is 19.1 Å². The van der Waals surface area contributed by atoms with Gasteiger partial charge in [-0.15, -0.1) is 0 Å². The van der Waals surface area contributed by atoms with Crippen molar-refractivity contribution in [1.82, 2.24) is 9.97 Å². The number of hydrogen-bond acceptors (Lipinski definition) is 8. The van der Waals surface area contributed by atoms with Crippen LogP contribution < -0.4 is 0 Å². The zero-order chi connectivity index (χ0) is 36.5. The molecular formula is C34H32Cl4N8O4. The Balaban J connectivity index is 0.000000270. The molecule has 50 heavy (non-hydrogen) atoms. The topological polar surface area (TPSA) is 176 Å². The number of azide groups is 2. The third-order valence-electron chi connectivity index (χ3n) is 7.55. The quantitative estimate of drug-likeness (QED) is 0.0535. The first kappa shape index (κ1) is 39.9. The van der Waals surface area contributed by atoms with E-state index in [1.54, 1.807) is 48.5 Å². The Morgan fingerprint density at radius 1 is 0.660 bits per heavy atom. The fourth-order valence-corrected chi connectivity index (χ4v) is 5.79. The molecule has 0 amide bonds. The predicted molar refractivity (Wildman–Crippen MR) is 193 cm³/mol. The molecule has 260 valence electrons. The van der Waals surface area contributed by atoms with Crippen molar-refractivity contribution in [2.45, 2.75) is 49.6 Å². The van der Waals surface area contributed by atoms with E-state index in [0.717, 1.165) is 11.1 Å². The van der Waals surface area contributed by atoms with Crippen molar-refractivity contribution in [1.29, 1.82) is 0 Å². The minimum atomic E-state index is -0.606. The average Bonchev–Trinajstić information content (AvgIpc) is 3.12. The monoisotopic (exact) mass is 756 g/mol. The number of nitrogens with zero attached hydrogens (tertiary/aromatic N) is 8. The van der Waals surface area contributed by atoms with Crippen LogP contribution in [0.4, 0.5) is 0 Å². The molecule has 2 heterocycles. The van der Waals surface area contributed by atoms with Gasteiger partial charge in [0.2, 0.25) is 0 Å². The molecule has 2 aromatic heterocycles. The molecule has 2 aromatic carbocycles. The lowest BCUT2D eigenvalue weighted by molar-refractivity contribution is -0.141. The van der Waals surface area contributed by atoms with E-state index in [2.05, 4.69) is 30.0 Å². The van der Waals surface area contributed by atoms with Crippen LogP contribution in [0.3, 0.4) is 0 Å². The van der Waals surface area contributed by atoms with E-state index in [1.807, 2.05) is 24.3 Å². The number of rotatable bonds is 14. The van der Waals surface area contributed by atoms with Crippen molar-refractivity contribution in [2.75, 3.05) is 14.2 Å². The molecule has 12 nitrogen and oxygen atoms in total. The summed E-state index contributed by atoms with van der Waals surface area (Å²) in [4.78, 5) is 37.6. The van der Waals surface area contributed by atoms with Crippen LogP contribution in [0.15, 0.2) is 95.4 Å². The van der Waals surface area contributed by atoms with Crippen LogP contribution in [0.25, 0.3) is 20.9 Å². The van der Waals surface area contributed by atoms with Crippen molar-refractivity contribution in [2.24, 2.45) is 10.2 Å². The number of ether oxygens (including phenoxy) is 2. The second-order valence-electron chi connectivity index (χ2n) is 10.7. The molecule has 0 saturated heterocycles. The van der Waals surface area contributed by atoms with Crippen LogP contribution in [0.2, 0.25) is 20.1 Å². The highest BCUT2D eigenvalue weighted by Gasteiger charge is 2.27. The molecule has 4 rings (SSSR count). The Morgan fingerprint density at radius 2 is 1.06 bits per heavy atom. The summed E-state index contributed by atoms with van der Waals surface area (Å²) in [6, 6.07) is 20.0. The summed E-state index contributed by atoms with van der Waals surface area (Å²) in [5.41, 5.74) is 20.9. The van der Waals surface area contributed by atoms with Gasteiger partial charge in [-0.05, 0) is 95.4 Å². The van der Waals surface area contributed by atoms with Gasteiger partial charge in [0.25, 0.3) is 0 Å². The van der Waals surface area contributed by atoms with Gasteiger partial charge < -0.3 is 9.47 Å². The van der Waals surface area contributed by atoms with Gasteiger partial charge in [-0.3, -0.25) is 19.6 Å². The van der Waals surface area contributed by atoms with E-state index in [1.165, 1.54) is 26.6 Å². The van der Waals surface area contributed by atoms with Gasteiger partial charge in [-0.1, -0.05) is 80.9 Å². The van der Waals surface area contributed by atoms with E-state index in [9.17, 15) is 9.59 Å². The molecule has 0 aliphatic rings. The maximum absolute atomic E-state index is 11.6. The highest BCUT2D eigenvalue weighted by molar-refractivity contribution is 6.31. The first-order valence-electron chi connectivity index (χ1n) is 15.1. The summed E-state index contributed by atoms with van der Waals surface area (Å²) in [5, 5.41) is 9.91. The second kappa shape index (κ2) is 20.9. The van der Waals surface area contributed by atoms with Crippen molar-refractivity contribution in [3.8, 4) is 0 Å². The van der Waals surface area contributed by atoms with Gasteiger partial charge in [-0.25, -0.2) is 0 Å².